The van der Waals surface area contributed by atoms with E-state index in [1.807, 2.05) is 47.2 Å². The number of benzene rings is 2. The predicted octanol–water partition coefficient (Wildman–Crippen LogP) is 4.12. The van der Waals surface area contributed by atoms with Gasteiger partial charge < -0.3 is 9.88 Å². The van der Waals surface area contributed by atoms with Crippen molar-refractivity contribution in [2.45, 2.75) is 32.9 Å². The second kappa shape index (κ2) is 7.79. The number of hydrogen-bond donors (Lipinski definition) is 1. The first-order chi connectivity index (χ1) is 12.2. The molecule has 4 nitrogen and oxygen atoms in total. The Morgan fingerprint density at radius 2 is 1.92 bits per heavy atom. The highest BCUT2D eigenvalue weighted by Crippen LogP contribution is 2.21. The normalized spacial score (nSPS) is 11.9. The van der Waals surface area contributed by atoms with Crippen LogP contribution in [-0.4, -0.2) is 15.5 Å². The van der Waals surface area contributed by atoms with Gasteiger partial charge in [-0.05, 0) is 42.2 Å². The Kier molecular flexibility index (Phi) is 5.29. The van der Waals surface area contributed by atoms with Crippen LogP contribution in [0, 0.1) is 6.92 Å². The Hall–Kier alpha value is -2.88. The fourth-order valence-corrected chi connectivity index (χ4v) is 2.97. The zero-order valence-electron chi connectivity index (χ0n) is 14.6. The van der Waals surface area contributed by atoms with E-state index in [0.717, 1.165) is 18.5 Å². The third kappa shape index (κ3) is 4.15. The lowest BCUT2D eigenvalue weighted by molar-refractivity contribution is 0.0935. The van der Waals surface area contributed by atoms with Crippen molar-refractivity contribution < 1.29 is 4.79 Å². The minimum Gasteiger partial charge on any atom is -0.345 e. The molecule has 1 unspecified atom stereocenters. The molecule has 1 N–H and O–H groups in total. The summed E-state index contributed by atoms with van der Waals surface area (Å²) in [6.45, 7) is 4.92. The summed E-state index contributed by atoms with van der Waals surface area (Å²) in [7, 11) is 0. The number of aromatic nitrogens is 2. The van der Waals surface area contributed by atoms with Gasteiger partial charge in [0.25, 0.3) is 5.91 Å². The molecule has 0 bridgehead atoms. The van der Waals surface area contributed by atoms with E-state index in [1.165, 1.54) is 11.1 Å². The average molecular weight is 333 g/mol. The number of amides is 1. The average Bonchev–Trinajstić information content (AvgIpc) is 3.14. The summed E-state index contributed by atoms with van der Waals surface area (Å²) < 4.78 is 2.00. The fourth-order valence-electron chi connectivity index (χ4n) is 2.97. The first-order valence-corrected chi connectivity index (χ1v) is 8.58. The van der Waals surface area contributed by atoms with E-state index in [9.17, 15) is 4.79 Å². The van der Waals surface area contributed by atoms with Crippen LogP contribution in [0.25, 0.3) is 0 Å². The van der Waals surface area contributed by atoms with Gasteiger partial charge in [0.15, 0.2) is 0 Å². The van der Waals surface area contributed by atoms with Crippen LogP contribution in [0.4, 0.5) is 0 Å². The zero-order valence-corrected chi connectivity index (χ0v) is 14.6. The molecule has 25 heavy (non-hydrogen) atoms. The lowest BCUT2D eigenvalue weighted by Gasteiger charge is -2.19. The van der Waals surface area contributed by atoms with Crippen molar-refractivity contribution in [3.05, 3.63) is 89.5 Å². The summed E-state index contributed by atoms with van der Waals surface area (Å²) in [6, 6.07) is 16.0. The topological polar surface area (TPSA) is 46.9 Å². The summed E-state index contributed by atoms with van der Waals surface area (Å²) >= 11 is 0. The van der Waals surface area contributed by atoms with Gasteiger partial charge >= 0.3 is 0 Å². The first-order valence-electron chi connectivity index (χ1n) is 8.58. The molecular weight excluding hydrogens is 310 g/mol. The summed E-state index contributed by atoms with van der Waals surface area (Å²) in [5.74, 6) is -0.0377. The third-order valence-electron chi connectivity index (χ3n) is 4.42. The van der Waals surface area contributed by atoms with E-state index in [4.69, 9.17) is 0 Å². The number of nitrogens with one attached hydrogen (secondary N) is 1. The second-order valence-electron chi connectivity index (χ2n) is 6.22. The van der Waals surface area contributed by atoms with Crippen LogP contribution in [0.5, 0.6) is 0 Å². The number of nitrogens with zero attached hydrogens (tertiary/aromatic N) is 2. The fraction of sp³-hybridized carbons (Fsp3) is 0.238. The van der Waals surface area contributed by atoms with Gasteiger partial charge in [0, 0.05) is 24.5 Å². The summed E-state index contributed by atoms with van der Waals surface area (Å²) in [5, 5.41) is 3.15. The minimum absolute atomic E-state index is 0.0272. The third-order valence-corrected chi connectivity index (χ3v) is 4.42. The molecule has 0 radical (unpaired) electrons. The molecule has 0 fully saturated rings. The van der Waals surface area contributed by atoms with Crippen molar-refractivity contribution in [3.8, 4) is 0 Å². The van der Waals surface area contributed by atoms with Crippen LogP contribution in [0.2, 0.25) is 0 Å². The molecule has 0 aliphatic rings. The van der Waals surface area contributed by atoms with E-state index in [2.05, 4.69) is 36.3 Å². The van der Waals surface area contributed by atoms with Gasteiger partial charge in [-0.3, -0.25) is 4.79 Å². The Morgan fingerprint density at radius 3 is 2.56 bits per heavy atom. The standard InChI is InChI=1S/C21H23N3O/c1-3-20(19-7-5-4-6-16(19)2)23-21(25)18-10-8-17(9-11-18)14-24-13-12-22-15-24/h4-13,15,20H,3,14H2,1-2H3,(H,23,25). The quantitative estimate of drug-likeness (QED) is 0.737. The Labute approximate surface area is 148 Å². The van der Waals surface area contributed by atoms with Crippen molar-refractivity contribution in [1.29, 1.82) is 0 Å². The van der Waals surface area contributed by atoms with Gasteiger partial charge in [-0.1, -0.05) is 43.3 Å². The van der Waals surface area contributed by atoms with Gasteiger partial charge in [-0.15, -0.1) is 0 Å². The molecule has 128 valence electrons. The highest BCUT2D eigenvalue weighted by atomic mass is 16.1. The van der Waals surface area contributed by atoms with E-state index in [-0.39, 0.29) is 11.9 Å². The number of imidazole rings is 1. The molecule has 0 aliphatic carbocycles. The highest BCUT2D eigenvalue weighted by Gasteiger charge is 2.15. The smallest absolute Gasteiger partial charge is 0.251 e. The highest BCUT2D eigenvalue weighted by molar-refractivity contribution is 5.94. The van der Waals surface area contributed by atoms with Gasteiger partial charge in [0.2, 0.25) is 0 Å². The molecule has 3 rings (SSSR count). The summed E-state index contributed by atoms with van der Waals surface area (Å²) in [4.78, 5) is 16.6. The number of carbonyl (C=O) groups excluding carboxylic acids is 1. The molecule has 1 atom stereocenters. The number of rotatable bonds is 6. The van der Waals surface area contributed by atoms with Crippen LogP contribution >= 0.6 is 0 Å². The van der Waals surface area contributed by atoms with Gasteiger partial charge in [-0.25, -0.2) is 4.98 Å². The van der Waals surface area contributed by atoms with Gasteiger partial charge in [0.1, 0.15) is 0 Å². The molecule has 3 aromatic rings. The predicted molar refractivity (Wildman–Crippen MR) is 99.4 cm³/mol. The second-order valence-corrected chi connectivity index (χ2v) is 6.22. The van der Waals surface area contributed by atoms with Crippen LogP contribution < -0.4 is 5.32 Å². The lowest BCUT2D eigenvalue weighted by atomic mass is 9.99. The number of aryl methyl sites for hydroxylation is 1. The van der Waals surface area contributed by atoms with Crippen molar-refractivity contribution in [1.82, 2.24) is 14.9 Å². The van der Waals surface area contributed by atoms with E-state index >= 15 is 0 Å². The van der Waals surface area contributed by atoms with E-state index in [1.54, 1.807) is 12.5 Å². The van der Waals surface area contributed by atoms with Crippen molar-refractivity contribution >= 4 is 5.91 Å². The molecule has 2 aromatic carbocycles. The summed E-state index contributed by atoms with van der Waals surface area (Å²) in [5.41, 5.74) is 4.20. The van der Waals surface area contributed by atoms with Crippen molar-refractivity contribution in [3.63, 3.8) is 0 Å². The molecule has 1 heterocycles. The Balaban J connectivity index is 1.69. The lowest BCUT2D eigenvalue weighted by Crippen LogP contribution is -2.28. The van der Waals surface area contributed by atoms with E-state index < -0.39 is 0 Å². The first kappa shape index (κ1) is 17.0. The maximum absolute atomic E-state index is 12.6. The molecule has 0 saturated heterocycles. The number of carbonyl (C=O) groups is 1. The summed E-state index contributed by atoms with van der Waals surface area (Å²) in [6.07, 6.45) is 6.33. The minimum atomic E-state index is -0.0377. The molecule has 0 aliphatic heterocycles. The SMILES string of the molecule is CCC(NC(=O)c1ccc(Cn2ccnc2)cc1)c1ccccc1C. The van der Waals surface area contributed by atoms with Gasteiger partial charge in [0.05, 0.1) is 12.4 Å². The van der Waals surface area contributed by atoms with Crippen LogP contribution in [0.15, 0.2) is 67.3 Å². The number of hydrogen-bond acceptors (Lipinski definition) is 2. The largest absolute Gasteiger partial charge is 0.345 e. The van der Waals surface area contributed by atoms with Crippen LogP contribution in [0.1, 0.15) is 46.4 Å². The molecule has 4 heteroatoms. The Bertz CT molecular complexity index is 823. The maximum Gasteiger partial charge on any atom is 0.251 e. The van der Waals surface area contributed by atoms with Gasteiger partial charge in [-0.2, -0.15) is 0 Å². The molecule has 0 spiro atoms. The van der Waals surface area contributed by atoms with E-state index in [0.29, 0.717) is 5.56 Å². The molecular formula is C21H23N3O. The van der Waals surface area contributed by atoms with Crippen LogP contribution in [-0.2, 0) is 6.54 Å². The molecule has 1 amide bonds. The molecule has 1 aromatic heterocycles. The Morgan fingerprint density at radius 1 is 1.16 bits per heavy atom. The van der Waals surface area contributed by atoms with Crippen molar-refractivity contribution in [2.24, 2.45) is 0 Å². The maximum atomic E-state index is 12.6. The zero-order chi connectivity index (χ0) is 17.6. The molecule has 0 saturated carbocycles. The monoisotopic (exact) mass is 333 g/mol. The van der Waals surface area contributed by atoms with Crippen LogP contribution in [0.3, 0.4) is 0 Å². The van der Waals surface area contributed by atoms with Crippen molar-refractivity contribution in [2.75, 3.05) is 0 Å².